The molecule has 3 nitrogen and oxygen atoms in total. The summed E-state index contributed by atoms with van der Waals surface area (Å²) in [5.74, 6) is -0.138. The number of aliphatic hydroxyl groups excluding tert-OH is 1. The first kappa shape index (κ1) is 16.5. The maximum Gasteiger partial charge on any atom is 0.249 e. The highest BCUT2D eigenvalue weighted by molar-refractivity contribution is 5.92. The van der Waals surface area contributed by atoms with Gasteiger partial charge >= 0.3 is 0 Å². The van der Waals surface area contributed by atoms with E-state index < -0.39 is 11.8 Å². The lowest BCUT2D eigenvalue weighted by Gasteiger charge is -2.42. The van der Waals surface area contributed by atoms with E-state index in [0.29, 0.717) is 0 Å². The Hall–Kier alpha value is -2.39. The highest BCUT2D eigenvalue weighted by Crippen LogP contribution is 2.40. The second-order valence-electron chi connectivity index (χ2n) is 6.36. The molecule has 24 heavy (non-hydrogen) atoms. The zero-order chi connectivity index (χ0) is 17.2. The van der Waals surface area contributed by atoms with Gasteiger partial charge in [0.25, 0.3) is 0 Å². The summed E-state index contributed by atoms with van der Waals surface area (Å²) in [5, 5.41) is 10.8. The van der Waals surface area contributed by atoms with Gasteiger partial charge in [-0.2, -0.15) is 0 Å². The van der Waals surface area contributed by atoms with Gasteiger partial charge in [0.1, 0.15) is 0 Å². The van der Waals surface area contributed by atoms with Crippen molar-refractivity contribution in [2.45, 2.75) is 38.5 Å². The largest absolute Gasteiger partial charge is 0.369 e. The molecule has 3 heteroatoms. The Kier molecular flexibility index (Phi) is 4.54. The van der Waals surface area contributed by atoms with Crippen LogP contribution in [0.3, 0.4) is 0 Å². The Morgan fingerprint density at radius 2 is 1.50 bits per heavy atom. The van der Waals surface area contributed by atoms with E-state index in [0.717, 1.165) is 29.5 Å². The zero-order valence-corrected chi connectivity index (χ0v) is 14.1. The van der Waals surface area contributed by atoms with Crippen molar-refractivity contribution in [3.8, 4) is 0 Å². The number of hydrogen-bond donors (Lipinski definition) is 1. The van der Waals surface area contributed by atoms with E-state index in [4.69, 9.17) is 0 Å². The van der Waals surface area contributed by atoms with E-state index in [-0.39, 0.29) is 5.91 Å². The van der Waals surface area contributed by atoms with Crippen molar-refractivity contribution >= 4 is 5.91 Å². The average molecular weight is 321 g/mol. The molecule has 3 rings (SSSR count). The molecule has 2 aromatic carbocycles. The van der Waals surface area contributed by atoms with Crippen molar-refractivity contribution in [1.82, 2.24) is 4.90 Å². The third-order valence-electron chi connectivity index (χ3n) is 4.81. The molecule has 1 unspecified atom stereocenters. The highest BCUT2D eigenvalue weighted by Gasteiger charge is 2.45. The molecule has 0 fully saturated rings. The number of hydrogen-bond acceptors (Lipinski definition) is 2. The van der Waals surface area contributed by atoms with Crippen LogP contribution >= 0.6 is 0 Å². The van der Waals surface area contributed by atoms with Gasteiger partial charge in [-0.05, 0) is 30.0 Å². The number of aliphatic hydroxyl groups is 1. The summed E-state index contributed by atoms with van der Waals surface area (Å²) < 4.78 is 0. The number of rotatable bonds is 5. The van der Waals surface area contributed by atoms with Crippen LogP contribution in [0, 0.1) is 0 Å². The van der Waals surface area contributed by atoms with Gasteiger partial charge in [0.2, 0.25) is 5.91 Å². The monoisotopic (exact) mass is 321 g/mol. The van der Waals surface area contributed by atoms with Crippen molar-refractivity contribution in [3.63, 3.8) is 0 Å². The van der Waals surface area contributed by atoms with Gasteiger partial charge in [-0.1, -0.05) is 74.0 Å². The minimum Gasteiger partial charge on any atom is -0.369 e. The maximum atomic E-state index is 12.8. The van der Waals surface area contributed by atoms with Gasteiger partial charge in [0.15, 0.2) is 6.23 Å². The molecule has 0 aromatic heterocycles. The van der Waals surface area contributed by atoms with Gasteiger partial charge in [-0.25, -0.2) is 0 Å². The average Bonchev–Trinajstić information content (AvgIpc) is 2.90. The van der Waals surface area contributed by atoms with E-state index in [1.54, 1.807) is 11.0 Å². The first-order valence-electron chi connectivity index (χ1n) is 8.42. The van der Waals surface area contributed by atoms with E-state index in [1.165, 1.54) is 0 Å². The summed E-state index contributed by atoms with van der Waals surface area (Å²) in [4.78, 5) is 14.4. The van der Waals surface area contributed by atoms with Crippen LogP contribution in [-0.2, 0) is 10.3 Å². The fraction of sp³-hybridized carbons (Fsp3) is 0.286. The molecule has 1 heterocycles. The van der Waals surface area contributed by atoms with Gasteiger partial charge in [0.05, 0.1) is 5.54 Å². The second kappa shape index (κ2) is 6.62. The van der Waals surface area contributed by atoms with E-state index in [2.05, 4.69) is 0 Å². The number of carbonyl (C=O) groups is 1. The van der Waals surface area contributed by atoms with Crippen LogP contribution in [0.4, 0.5) is 0 Å². The summed E-state index contributed by atoms with van der Waals surface area (Å²) in [6, 6.07) is 19.8. The minimum atomic E-state index is -0.886. The van der Waals surface area contributed by atoms with Crippen LogP contribution in [-0.4, -0.2) is 22.1 Å². The Morgan fingerprint density at radius 3 is 1.96 bits per heavy atom. The van der Waals surface area contributed by atoms with Gasteiger partial charge < -0.3 is 5.11 Å². The minimum absolute atomic E-state index is 0.138. The summed E-state index contributed by atoms with van der Waals surface area (Å²) in [6.07, 6.45) is 2.33. The Bertz CT molecular complexity index is 697. The lowest BCUT2D eigenvalue weighted by Crippen LogP contribution is -2.50. The molecule has 0 saturated carbocycles. The standard InChI is InChI=1S/C21H23NO2/c1-3-10-16-15-19(23)22(20(16)24)21(2,17-11-6-4-7-12-17)18-13-8-5-9-14-18/h4-9,11-15,20,24H,3,10H2,1-2H3. The van der Waals surface area contributed by atoms with Crippen LogP contribution < -0.4 is 0 Å². The number of amides is 1. The Labute approximate surface area is 143 Å². The van der Waals surface area contributed by atoms with E-state index in [9.17, 15) is 9.90 Å². The van der Waals surface area contributed by atoms with Crippen LogP contribution in [0.25, 0.3) is 0 Å². The molecular weight excluding hydrogens is 298 g/mol. The van der Waals surface area contributed by atoms with E-state index in [1.807, 2.05) is 74.5 Å². The van der Waals surface area contributed by atoms with Gasteiger partial charge in [-0.3, -0.25) is 9.69 Å². The summed E-state index contributed by atoms with van der Waals surface area (Å²) in [6.45, 7) is 4.05. The lowest BCUT2D eigenvalue weighted by molar-refractivity contribution is -0.138. The Morgan fingerprint density at radius 1 is 1.00 bits per heavy atom. The molecule has 0 spiro atoms. The highest BCUT2D eigenvalue weighted by atomic mass is 16.3. The molecule has 1 atom stereocenters. The third-order valence-corrected chi connectivity index (χ3v) is 4.81. The molecular formula is C21H23NO2. The SMILES string of the molecule is CCCC1=CC(=O)N(C(C)(c2ccccc2)c2ccccc2)C1O. The Balaban J connectivity index is 2.12. The van der Waals surface area contributed by atoms with Crippen LogP contribution in [0.1, 0.15) is 37.8 Å². The summed E-state index contributed by atoms with van der Waals surface area (Å²) in [5.41, 5.74) is 2.02. The predicted molar refractivity (Wildman–Crippen MR) is 95.2 cm³/mol. The fourth-order valence-electron chi connectivity index (χ4n) is 3.51. The number of carbonyl (C=O) groups excluding carboxylic acids is 1. The van der Waals surface area contributed by atoms with Gasteiger partial charge in [0, 0.05) is 6.08 Å². The smallest absolute Gasteiger partial charge is 0.249 e. The molecule has 0 saturated heterocycles. The first-order chi connectivity index (χ1) is 11.6. The molecule has 0 aliphatic carbocycles. The van der Waals surface area contributed by atoms with Crippen LogP contribution in [0.15, 0.2) is 72.3 Å². The quantitative estimate of drug-likeness (QED) is 0.909. The molecule has 0 radical (unpaired) electrons. The first-order valence-corrected chi connectivity index (χ1v) is 8.42. The maximum absolute atomic E-state index is 12.8. The molecule has 1 N–H and O–H groups in total. The zero-order valence-electron chi connectivity index (χ0n) is 14.1. The van der Waals surface area contributed by atoms with Crippen molar-refractivity contribution in [2.75, 3.05) is 0 Å². The van der Waals surface area contributed by atoms with Crippen LogP contribution in [0.2, 0.25) is 0 Å². The topological polar surface area (TPSA) is 40.5 Å². The molecule has 0 bridgehead atoms. The fourth-order valence-corrected chi connectivity index (χ4v) is 3.51. The molecule has 1 aliphatic heterocycles. The molecule has 1 aliphatic rings. The third kappa shape index (κ3) is 2.65. The summed E-state index contributed by atoms with van der Waals surface area (Å²) >= 11 is 0. The van der Waals surface area contributed by atoms with Crippen molar-refractivity contribution in [3.05, 3.63) is 83.4 Å². The van der Waals surface area contributed by atoms with Crippen molar-refractivity contribution < 1.29 is 9.90 Å². The molecule has 1 amide bonds. The summed E-state index contributed by atoms with van der Waals surface area (Å²) in [7, 11) is 0. The second-order valence-corrected chi connectivity index (χ2v) is 6.36. The predicted octanol–water partition coefficient (Wildman–Crippen LogP) is 3.84. The number of nitrogens with zero attached hydrogens (tertiary/aromatic N) is 1. The van der Waals surface area contributed by atoms with Crippen molar-refractivity contribution in [2.24, 2.45) is 0 Å². The molecule has 124 valence electrons. The van der Waals surface area contributed by atoms with Crippen molar-refractivity contribution in [1.29, 1.82) is 0 Å². The normalized spacial score (nSPS) is 18.0. The molecule has 2 aromatic rings. The van der Waals surface area contributed by atoms with Crippen LogP contribution in [0.5, 0.6) is 0 Å². The number of benzene rings is 2. The van der Waals surface area contributed by atoms with E-state index >= 15 is 0 Å². The lowest BCUT2D eigenvalue weighted by atomic mass is 9.82. The van der Waals surface area contributed by atoms with Gasteiger partial charge in [-0.15, -0.1) is 0 Å².